The van der Waals surface area contributed by atoms with Crippen LogP contribution in [0, 0.1) is 0 Å². The zero-order valence-corrected chi connectivity index (χ0v) is 11.3. The van der Waals surface area contributed by atoms with Crippen molar-refractivity contribution in [2.24, 2.45) is 0 Å². The first-order valence-corrected chi connectivity index (χ1v) is 8.51. The van der Waals surface area contributed by atoms with Crippen LogP contribution in [0.2, 0.25) is 12.1 Å². The van der Waals surface area contributed by atoms with Gasteiger partial charge in [-0.15, -0.1) is 0 Å². The average molecular weight is 236 g/mol. The molecule has 1 unspecified atom stereocenters. The molecule has 0 aliphatic heterocycles. The summed E-state index contributed by atoms with van der Waals surface area (Å²) in [6, 6.07) is 2.72. The van der Waals surface area contributed by atoms with Gasteiger partial charge in [0.25, 0.3) is 0 Å². The van der Waals surface area contributed by atoms with Crippen LogP contribution >= 0.6 is 0 Å². The van der Waals surface area contributed by atoms with Gasteiger partial charge in [0.05, 0.1) is 8.80 Å². The summed E-state index contributed by atoms with van der Waals surface area (Å²) < 4.78 is 21.8. The molecule has 0 aliphatic carbocycles. The van der Waals surface area contributed by atoms with Gasteiger partial charge < -0.3 is 9.47 Å². The van der Waals surface area contributed by atoms with Gasteiger partial charge in [-0.1, -0.05) is 32.4 Å². The van der Waals surface area contributed by atoms with Gasteiger partial charge in [0.15, 0.2) is 6.86 Å². The van der Waals surface area contributed by atoms with Crippen LogP contribution < -0.4 is 0 Å². The fourth-order valence-electron chi connectivity index (χ4n) is 1.53. The van der Waals surface area contributed by atoms with E-state index in [1.54, 1.807) is 0 Å². The second-order valence-electron chi connectivity index (χ2n) is 3.86. The monoisotopic (exact) mass is 236 g/mol. The predicted molar refractivity (Wildman–Crippen MR) is 64.7 cm³/mol. The fourth-order valence-corrected chi connectivity index (χ4v) is 3.65. The first-order valence-electron chi connectivity index (χ1n) is 6.06. The van der Waals surface area contributed by atoms with E-state index in [2.05, 4.69) is 18.6 Å². The van der Waals surface area contributed by atoms with Crippen LogP contribution in [0.3, 0.4) is 0 Å². The maximum absolute atomic E-state index is 11.6. The third kappa shape index (κ3) is 10.4. The van der Waals surface area contributed by atoms with Gasteiger partial charge in [-0.2, -0.15) is 0 Å². The van der Waals surface area contributed by atoms with E-state index >= 15 is 0 Å². The lowest BCUT2D eigenvalue weighted by atomic mass is 10.3. The van der Waals surface area contributed by atoms with E-state index in [0.29, 0.717) is 6.61 Å². The van der Waals surface area contributed by atoms with Crippen molar-refractivity contribution in [3.8, 4) is 0 Å². The summed E-state index contributed by atoms with van der Waals surface area (Å²) >= 11 is 0. The molecule has 0 amide bonds. The largest absolute Gasteiger partial charge is 0.385 e. The van der Waals surface area contributed by atoms with Crippen molar-refractivity contribution in [2.75, 3.05) is 26.3 Å². The molecular formula is C11H25FO2Si. The first-order chi connectivity index (χ1) is 7.35. The van der Waals surface area contributed by atoms with Crippen LogP contribution in [-0.4, -0.2) is 35.1 Å². The van der Waals surface area contributed by atoms with Crippen molar-refractivity contribution in [2.45, 2.75) is 45.2 Å². The molecule has 1 atom stereocenters. The Bertz CT molecular complexity index is 125. The normalized spacial score (nSPS) is 13.0. The Morgan fingerprint density at radius 2 is 1.73 bits per heavy atom. The Morgan fingerprint density at radius 1 is 1.07 bits per heavy atom. The van der Waals surface area contributed by atoms with Gasteiger partial charge in [-0.25, -0.2) is 4.39 Å². The number of rotatable bonds is 11. The summed E-state index contributed by atoms with van der Waals surface area (Å²) in [6.45, 7) is 5.17. The van der Waals surface area contributed by atoms with Crippen LogP contribution in [0.5, 0.6) is 0 Å². The molecule has 0 saturated heterocycles. The van der Waals surface area contributed by atoms with Gasteiger partial charge in [-0.05, 0) is 12.8 Å². The third-order valence-corrected chi connectivity index (χ3v) is 5.79. The first kappa shape index (κ1) is 15.1. The van der Waals surface area contributed by atoms with E-state index in [0.717, 1.165) is 25.7 Å². The number of ether oxygens (including phenoxy) is 2. The highest BCUT2D eigenvalue weighted by Crippen LogP contribution is 2.03. The van der Waals surface area contributed by atoms with E-state index < -0.39 is 15.7 Å². The molecule has 0 heterocycles. The Morgan fingerprint density at radius 3 is 2.27 bits per heavy atom. The Hall–Kier alpha value is 0.0669. The molecule has 4 heteroatoms. The zero-order chi connectivity index (χ0) is 11.4. The van der Waals surface area contributed by atoms with E-state index in [1.807, 2.05) is 0 Å². The molecule has 92 valence electrons. The maximum atomic E-state index is 11.6. The molecule has 0 saturated carbocycles. The molecule has 15 heavy (non-hydrogen) atoms. The zero-order valence-electron chi connectivity index (χ0n) is 10.1. The highest BCUT2D eigenvalue weighted by atomic mass is 28.3. The maximum Gasteiger partial charge on any atom is 0.188 e. The molecule has 0 aliphatic rings. The summed E-state index contributed by atoms with van der Waals surface area (Å²) in [6.07, 6.45) is 4.18. The highest BCUT2D eigenvalue weighted by molar-refractivity contribution is 6.58. The molecule has 0 aromatic carbocycles. The summed E-state index contributed by atoms with van der Waals surface area (Å²) in [7, 11) is -0.591. The van der Waals surface area contributed by atoms with Crippen molar-refractivity contribution >= 4 is 8.80 Å². The molecule has 0 spiro atoms. The van der Waals surface area contributed by atoms with Crippen LogP contribution in [0.1, 0.15) is 33.1 Å². The van der Waals surface area contributed by atoms with Gasteiger partial charge in [0.2, 0.25) is 0 Å². The van der Waals surface area contributed by atoms with Gasteiger partial charge in [0, 0.05) is 19.4 Å². The summed E-state index contributed by atoms with van der Waals surface area (Å²) in [4.78, 5) is 0. The van der Waals surface area contributed by atoms with Gasteiger partial charge in [0.1, 0.15) is 0 Å². The molecule has 2 nitrogen and oxygen atoms in total. The van der Waals surface area contributed by atoms with Crippen LogP contribution in [0.25, 0.3) is 0 Å². The second kappa shape index (κ2) is 12.1. The minimum Gasteiger partial charge on any atom is -0.385 e. The molecule has 0 N–H and O–H groups in total. The Balaban J connectivity index is 3.14. The highest BCUT2D eigenvalue weighted by Gasteiger charge is 2.06. The molecule has 0 aromatic heterocycles. The van der Waals surface area contributed by atoms with Crippen LogP contribution in [-0.2, 0) is 9.47 Å². The fraction of sp³-hybridized carbons (Fsp3) is 1.00. The molecular weight excluding hydrogens is 211 g/mol. The number of halogens is 1. The van der Waals surface area contributed by atoms with Gasteiger partial charge in [-0.3, -0.25) is 0 Å². The Kier molecular flexibility index (Phi) is 12.2. The number of hydrogen-bond donors (Lipinski definition) is 0. The summed E-state index contributed by atoms with van der Waals surface area (Å²) in [5.74, 6) is 0. The lowest BCUT2D eigenvalue weighted by molar-refractivity contribution is 0.0514. The Labute approximate surface area is 94.8 Å². The molecule has 0 aromatic rings. The number of alkyl halides is 1. The average Bonchev–Trinajstić information content (AvgIpc) is 2.26. The van der Waals surface area contributed by atoms with Crippen molar-refractivity contribution in [3.63, 3.8) is 0 Å². The van der Waals surface area contributed by atoms with Crippen molar-refractivity contribution in [1.29, 1.82) is 0 Å². The van der Waals surface area contributed by atoms with Crippen molar-refractivity contribution < 1.29 is 13.9 Å². The molecule has 0 radical (unpaired) electrons. The van der Waals surface area contributed by atoms with Crippen molar-refractivity contribution in [3.05, 3.63) is 0 Å². The number of hydrogen-bond acceptors (Lipinski definition) is 2. The summed E-state index contributed by atoms with van der Waals surface area (Å²) in [5.41, 5.74) is 0. The van der Waals surface area contributed by atoms with Crippen LogP contribution in [0.15, 0.2) is 0 Å². The quantitative estimate of drug-likeness (QED) is 0.406. The van der Waals surface area contributed by atoms with E-state index in [-0.39, 0.29) is 0 Å². The lowest BCUT2D eigenvalue weighted by Crippen LogP contribution is -2.19. The second-order valence-corrected chi connectivity index (χ2v) is 7.32. The number of unbranched alkanes of at least 4 members (excludes halogenated alkanes) is 1. The smallest absolute Gasteiger partial charge is 0.188 e. The van der Waals surface area contributed by atoms with Crippen LogP contribution in [0.4, 0.5) is 4.39 Å². The topological polar surface area (TPSA) is 18.5 Å². The molecule has 0 bridgehead atoms. The van der Waals surface area contributed by atoms with Gasteiger partial charge >= 0.3 is 0 Å². The minimum atomic E-state index is -0.665. The van der Waals surface area contributed by atoms with Crippen molar-refractivity contribution in [1.82, 2.24) is 0 Å². The molecule has 0 rings (SSSR count). The molecule has 0 fully saturated rings. The summed E-state index contributed by atoms with van der Waals surface area (Å²) in [5, 5.41) is 0. The van der Waals surface area contributed by atoms with E-state index in [4.69, 9.17) is 4.74 Å². The lowest BCUT2D eigenvalue weighted by Gasteiger charge is -2.12. The standard InChI is InChI=1S/C11H25FO2Si/c1-3-9-15(4-2)11-14-8-6-5-7-13-10-12/h15H,3-11H2,1-2H3. The SMILES string of the molecule is CCC[SiH](CC)COCCCCOCF. The van der Waals surface area contributed by atoms with E-state index in [1.165, 1.54) is 18.5 Å². The van der Waals surface area contributed by atoms with E-state index in [9.17, 15) is 4.39 Å². The minimum absolute atomic E-state index is 0.517. The third-order valence-electron chi connectivity index (χ3n) is 2.53. The predicted octanol–water partition coefficient (Wildman–Crippen LogP) is 2.92.